The first-order chi connectivity index (χ1) is 9.00. The third kappa shape index (κ3) is 2.56. The van der Waals surface area contributed by atoms with Gasteiger partial charge >= 0.3 is 5.97 Å². The van der Waals surface area contributed by atoms with E-state index >= 15 is 0 Å². The summed E-state index contributed by atoms with van der Waals surface area (Å²) in [7, 11) is 0. The van der Waals surface area contributed by atoms with Gasteiger partial charge in [0.15, 0.2) is 0 Å². The summed E-state index contributed by atoms with van der Waals surface area (Å²) in [6, 6.07) is -0.384. The van der Waals surface area contributed by atoms with Crippen LogP contribution in [0.1, 0.15) is 25.6 Å². The Morgan fingerprint density at radius 1 is 1.32 bits per heavy atom. The highest BCUT2D eigenvalue weighted by Gasteiger charge is 2.25. The molecule has 8 nitrogen and oxygen atoms in total. The Morgan fingerprint density at radius 2 is 2.05 bits per heavy atom. The Hall–Kier alpha value is -2.38. The van der Waals surface area contributed by atoms with Gasteiger partial charge in [-0.1, -0.05) is 0 Å². The lowest BCUT2D eigenvalue weighted by Gasteiger charge is -2.16. The lowest BCUT2D eigenvalue weighted by atomic mass is 10.0. The third-order valence-electron chi connectivity index (χ3n) is 3.00. The lowest BCUT2D eigenvalue weighted by molar-refractivity contribution is -0.142. The van der Waals surface area contributed by atoms with Crippen molar-refractivity contribution < 1.29 is 9.90 Å². The van der Waals surface area contributed by atoms with Crippen molar-refractivity contribution in [2.75, 3.05) is 0 Å². The monoisotopic (exact) mass is 262 g/mol. The summed E-state index contributed by atoms with van der Waals surface area (Å²) >= 11 is 0. The molecule has 0 saturated carbocycles. The van der Waals surface area contributed by atoms with Crippen LogP contribution in [0.5, 0.6) is 0 Å². The van der Waals surface area contributed by atoms with Gasteiger partial charge in [0, 0.05) is 6.20 Å². The second kappa shape index (κ2) is 5.09. The number of tetrazole rings is 1. The maximum absolute atomic E-state index is 11.0. The molecule has 100 valence electrons. The molecule has 0 aromatic carbocycles. The summed E-state index contributed by atoms with van der Waals surface area (Å²) in [6.07, 6.45) is 3.18. The number of aliphatic carboxylic acids is 1. The molecule has 0 bridgehead atoms. The van der Waals surface area contributed by atoms with Crippen LogP contribution in [0.15, 0.2) is 12.4 Å². The fourth-order valence-electron chi connectivity index (χ4n) is 1.56. The van der Waals surface area contributed by atoms with E-state index in [1.54, 1.807) is 26.2 Å². The van der Waals surface area contributed by atoms with Crippen LogP contribution in [0.4, 0.5) is 0 Å². The fraction of sp³-hybridized carbons (Fsp3) is 0.455. The minimum atomic E-state index is -0.899. The van der Waals surface area contributed by atoms with Gasteiger partial charge in [0.25, 0.3) is 0 Å². The largest absolute Gasteiger partial charge is 0.481 e. The molecule has 0 radical (unpaired) electrons. The predicted octanol–water partition coefficient (Wildman–Crippen LogP) is 0.720. The molecule has 2 aromatic heterocycles. The second-order valence-corrected chi connectivity index (χ2v) is 4.36. The van der Waals surface area contributed by atoms with Crippen molar-refractivity contribution in [3.63, 3.8) is 0 Å². The minimum absolute atomic E-state index is 0.384. The van der Waals surface area contributed by atoms with Crippen molar-refractivity contribution in [1.29, 1.82) is 0 Å². The molecule has 19 heavy (non-hydrogen) atoms. The van der Waals surface area contributed by atoms with Gasteiger partial charge < -0.3 is 5.11 Å². The number of aryl methyl sites for hydroxylation is 1. The zero-order valence-electron chi connectivity index (χ0n) is 10.8. The van der Waals surface area contributed by atoms with E-state index in [-0.39, 0.29) is 6.04 Å². The molecular weight excluding hydrogens is 248 g/mol. The minimum Gasteiger partial charge on any atom is -0.481 e. The third-order valence-corrected chi connectivity index (χ3v) is 3.00. The Kier molecular flexibility index (Phi) is 3.50. The normalized spacial score (nSPS) is 14.1. The van der Waals surface area contributed by atoms with E-state index in [0.29, 0.717) is 11.5 Å². The van der Waals surface area contributed by atoms with Crippen LogP contribution in [0.25, 0.3) is 11.5 Å². The standard InChI is InChI=1S/C11H14N6O2/c1-6-4-13-9(5-12-6)10-14-15-16-17(10)8(3)7(2)11(18)19/h4-5,7-8H,1-3H3,(H,18,19). The molecule has 0 spiro atoms. The number of carbonyl (C=O) groups is 1. The van der Waals surface area contributed by atoms with Gasteiger partial charge in [-0.3, -0.25) is 9.78 Å². The highest BCUT2D eigenvalue weighted by Crippen LogP contribution is 2.21. The van der Waals surface area contributed by atoms with Crippen LogP contribution in [0.2, 0.25) is 0 Å². The smallest absolute Gasteiger partial charge is 0.308 e. The van der Waals surface area contributed by atoms with Gasteiger partial charge in [0.2, 0.25) is 5.82 Å². The molecule has 0 aliphatic rings. The van der Waals surface area contributed by atoms with Crippen molar-refractivity contribution >= 4 is 5.97 Å². The molecule has 0 aliphatic carbocycles. The van der Waals surface area contributed by atoms with E-state index in [0.717, 1.165) is 5.69 Å². The van der Waals surface area contributed by atoms with Crippen LogP contribution in [-0.2, 0) is 4.79 Å². The maximum Gasteiger partial charge on any atom is 0.308 e. The SMILES string of the molecule is Cc1cnc(-c2nnnn2C(C)C(C)C(=O)O)cn1. The predicted molar refractivity (Wildman–Crippen MR) is 65.1 cm³/mol. The van der Waals surface area contributed by atoms with Gasteiger partial charge in [-0.2, -0.15) is 0 Å². The molecule has 2 atom stereocenters. The highest BCUT2D eigenvalue weighted by atomic mass is 16.4. The summed E-state index contributed by atoms with van der Waals surface area (Å²) in [4.78, 5) is 19.3. The van der Waals surface area contributed by atoms with E-state index in [4.69, 9.17) is 5.11 Å². The molecule has 0 fully saturated rings. The zero-order valence-corrected chi connectivity index (χ0v) is 10.8. The molecule has 8 heteroatoms. The van der Waals surface area contributed by atoms with E-state index in [2.05, 4.69) is 25.5 Å². The number of aromatic nitrogens is 6. The molecule has 1 N–H and O–H groups in total. The van der Waals surface area contributed by atoms with Crippen LogP contribution in [0.3, 0.4) is 0 Å². The average molecular weight is 262 g/mol. The Morgan fingerprint density at radius 3 is 2.63 bits per heavy atom. The molecular formula is C11H14N6O2. The van der Waals surface area contributed by atoms with E-state index < -0.39 is 11.9 Å². The summed E-state index contributed by atoms with van der Waals surface area (Å²) in [6.45, 7) is 5.19. The summed E-state index contributed by atoms with van der Waals surface area (Å²) < 4.78 is 1.46. The number of carboxylic acid groups (broad SMARTS) is 1. The van der Waals surface area contributed by atoms with Gasteiger partial charge in [-0.15, -0.1) is 5.10 Å². The first kappa shape index (κ1) is 13.1. The number of nitrogens with zero attached hydrogens (tertiary/aromatic N) is 6. The second-order valence-electron chi connectivity index (χ2n) is 4.36. The first-order valence-electron chi connectivity index (χ1n) is 5.80. The Bertz CT molecular complexity index is 579. The Labute approximate surface area is 109 Å². The van der Waals surface area contributed by atoms with Crippen LogP contribution < -0.4 is 0 Å². The van der Waals surface area contributed by atoms with Crippen molar-refractivity contribution in [2.45, 2.75) is 26.8 Å². The molecule has 0 amide bonds. The molecule has 2 heterocycles. The average Bonchev–Trinajstić information content (AvgIpc) is 2.87. The summed E-state index contributed by atoms with van der Waals surface area (Å²) in [5.74, 6) is -1.10. The highest BCUT2D eigenvalue weighted by molar-refractivity contribution is 5.70. The van der Waals surface area contributed by atoms with Crippen LogP contribution in [0, 0.1) is 12.8 Å². The molecule has 2 aromatic rings. The quantitative estimate of drug-likeness (QED) is 0.864. The summed E-state index contributed by atoms with van der Waals surface area (Å²) in [5, 5.41) is 20.4. The molecule has 0 saturated heterocycles. The van der Waals surface area contributed by atoms with Crippen molar-refractivity contribution in [2.24, 2.45) is 5.92 Å². The van der Waals surface area contributed by atoms with E-state index in [9.17, 15) is 4.79 Å². The van der Waals surface area contributed by atoms with Crippen molar-refractivity contribution in [1.82, 2.24) is 30.2 Å². The maximum atomic E-state index is 11.0. The van der Waals surface area contributed by atoms with Crippen LogP contribution >= 0.6 is 0 Å². The van der Waals surface area contributed by atoms with Gasteiger partial charge in [-0.25, -0.2) is 9.67 Å². The number of hydrogen-bond donors (Lipinski definition) is 1. The van der Waals surface area contributed by atoms with Gasteiger partial charge in [0.1, 0.15) is 5.69 Å². The molecule has 2 unspecified atom stereocenters. The number of rotatable bonds is 4. The molecule has 0 aliphatic heterocycles. The van der Waals surface area contributed by atoms with Crippen LogP contribution in [-0.4, -0.2) is 41.3 Å². The number of hydrogen-bond acceptors (Lipinski definition) is 6. The topological polar surface area (TPSA) is 107 Å². The lowest BCUT2D eigenvalue weighted by Crippen LogP contribution is -2.23. The van der Waals surface area contributed by atoms with Crippen molar-refractivity contribution in [3.8, 4) is 11.5 Å². The van der Waals surface area contributed by atoms with Gasteiger partial charge in [-0.05, 0) is 31.2 Å². The summed E-state index contributed by atoms with van der Waals surface area (Å²) in [5.41, 5.74) is 1.30. The van der Waals surface area contributed by atoms with E-state index in [1.165, 1.54) is 4.68 Å². The first-order valence-corrected chi connectivity index (χ1v) is 5.80. The Balaban J connectivity index is 2.37. The molecule has 2 rings (SSSR count). The van der Waals surface area contributed by atoms with Gasteiger partial charge in [0.05, 0.1) is 23.9 Å². The number of carboxylic acids is 1. The fourth-order valence-corrected chi connectivity index (χ4v) is 1.56. The van der Waals surface area contributed by atoms with E-state index in [1.807, 2.05) is 6.92 Å². The van der Waals surface area contributed by atoms with Crippen molar-refractivity contribution in [3.05, 3.63) is 18.1 Å². The zero-order chi connectivity index (χ0) is 14.0.